The molecule has 0 aromatic heterocycles. The monoisotopic (exact) mass is 1190 g/mol. The first-order valence-electron chi connectivity index (χ1n) is 22.7. The maximum atomic E-state index is 10.7. The van der Waals surface area contributed by atoms with E-state index in [9.17, 15) is 43.9 Å². The average Bonchev–Trinajstić information content (AvgIpc) is 3.28. The van der Waals surface area contributed by atoms with E-state index in [1.807, 2.05) is 19.6 Å². The lowest BCUT2D eigenvalue weighted by atomic mass is 10.2. The van der Waals surface area contributed by atoms with Crippen LogP contribution >= 0.6 is 24.1 Å². The van der Waals surface area contributed by atoms with Gasteiger partial charge in [0.25, 0.3) is 40.5 Å². The summed E-state index contributed by atoms with van der Waals surface area (Å²) in [5, 5.41) is 59.6. The van der Waals surface area contributed by atoms with Gasteiger partial charge < -0.3 is 36.3 Å². The zero-order valence-corrected chi connectivity index (χ0v) is 45.8. The van der Waals surface area contributed by atoms with Crippen molar-refractivity contribution in [2.24, 2.45) is 0 Å². The van der Waals surface area contributed by atoms with Gasteiger partial charge in [-0.05, 0) is 13.0 Å². The molecule has 442 valence electrons. The molecule has 0 radical (unpaired) electrons. The van der Waals surface area contributed by atoms with Gasteiger partial charge >= 0.3 is 0 Å². The summed E-state index contributed by atoms with van der Waals surface area (Å²) in [6.07, 6.45) is -1.30. The highest BCUT2D eigenvalue weighted by Gasteiger charge is 2.24. The Kier molecular flexibility index (Phi) is 42.5. The molecule has 4 heterocycles. The van der Waals surface area contributed by atoms with Gasteiger partial charge in [-0.15, -0.1) is 8.67 Å². The molecule has 0 saturated carbocycles. The fourth-order valence-corrected chi connectivity index (χ4v) is 10.3. The Morgan fingerprint density at radius 3 is 1.07 bits per heavy atom. The first-order valence-corrected chi connectivity index (χ1v) is 31.0. The number of aliphatic hydroxyl groups excluding tert-OH is 4. The molecule has 0 bridgehead atoms. The second-order valence-corrected chi connectivity index (χ2v) is 24.5. The van der Waals surface area contributed by atoms with Gasteiger partial charge in [0, 0.05) is 180 Å². The van der Waals surface area contributed by atoms with Crippen molar-refractivity contribution in [1.29, 1.82) is 0 Å². The minimum Gasteiger partial charge on any atom is -0.412 e. The summed E-state index contributed by atoms with van der Waals surface area (Å²) in [5.41, 5.74) is 0. The molecule has 0 aromatic carbocycles. The molecule has 0 aliphatic carbocycles. The van der Waals surface area contributed by atoms with Crippen LogP contribution in [0.25, 0.3) is 0 Å². The van der Waals surface area contributed by atoms with Gasteiger partial charge in [0.05, 0.1) is 48.4 Å². The van der Waals surface area contributed by atoms with Gasteiger partial charge in [-0.25, -0.2) is 10.5 Å². The highest BCUT2D eigenvalue weighted by atomic mass is 32.2. The van der Waals surface area contributed by atoms with E-state index in [1.165, 1.54) is 0 Å². The van der Waals surface area contributed by atoms with Crippen molar-refractivity contribution < 1.29 is 113 Å². The van der Waals surface area contributed by atoms with Crippen molar-refractivity contribution >= 4 is 64.6 Å². The van der Waals surface area contributed by atoms with Crippen LogP contribution in [0.5, 0.6) is 0 Å². The summed E-state index contributed by atoms with van der Waals surface area (Å²) in [5.74, 6) is -0.336. The molecule has 4 saturated heterocycles. The van der Waals surface area contributed by atoms with E-state index < -0.39 is 58.4 Å². The zero-order chi connectivity index (χ0) is 53.4. The second kappa shape index (κ2) is 41.6. The molecule has 4 fully saturated rings. The highest BCUT2D eigenvalue weighted by molar-refractivity contribution is 7.94. The summed E-state index contributed by atoms with van der Waals surface area (Å²) in [4.78, 5) is 16.6. The predicted molar refractivity (Wildman–Crippen MR) is 270 cm³/mol. The van der Waals surface area contributed by atoms with E-state index in [0.717, 1.165) is 109 Å². The Hall–Kier alpha value is -0.460. The van der Waals surface area contributed by atoms with E-state index in [-0.39, 0.29) is 53.7 Å². The van der Waals surface area contributed by atoms with E-state index in [0.29, 0.717) is 77.6 Å². The molecule has 38 heteroatoms. The summed E-state index contributed by atoms with van der Waals surface area (Å²) in [7, 11) is -15.7. The highest BCUT2D eigenvalue weighted by Crippen LogP contribution is 2.10. The summed E-state index contributed by atoms with van der Waals surface area (Å²) >= 11 is 1.81. The zero-order valence-electron chi connectivity index (χ0n) is 40.9. The Bertz CT molecular complexity index is 1800. The molecule has 0 spiro atoms. The molecule has 0 aromatic rings. The average molecular weight is 1190 g/mol. The minimum atomic E-state index is -4.17. The van der Waals surface area contributed by atoms with Gasteiger partial charge in [-0.3, -0.25) is 52.5 Å². The summed E-state index contributed by atoms with van der Waals surface area (Å²) < 4.78 is 128. The molecule has 32 nitrogen and oxygen atoms in total. The number of β-amino-alcohol motifs (C(OH)–C–C–N with tert-alkyl or cyclic N) is 4. The lowest BCUT2D eigenvalue weighted by Gasteiger charge is -2.36. The van der Waals surface area contributed by atoms with Gasteiger partial charge in [-0.2, -0.15) is 33.7 Å². The van der Waals surface area contributed by atoms with Gasteiger partial charge in [0.15, 0.2) is 0 Å². The normalized spacial score (nSPS) is 19.7. The van der Waals surface area contributed by atoms with E-state index >= 15 is 0 Å². The number of hydrogen-bond donors (Lipinski definition) is 10. The predicted octanol–water partition coefficient (Wildman–Crippen LogP) is -6.45. The number of hydrogen-bond acceptors (Lipinski definition) is 28. The van der Waals surface area contributed by atoms with Crippen LogP contribution in [-0.4, -0.2) is 350 Å². The first kappa shape index (κ1) is 74.6. The summed E-state index contributed by atoms with van der Waals surface area (Å²) in [6.45, 7) is 17.2. The fraction of sp³-hybridized carbons (Fsp3) is 1.00. The Labute approximate surface area is 437 Å². The van der Waals surface area contributed by atoms with Crippen LogP contribution in [0.4, 0.5) is 0 Å². The largest absolute Gasteiger partial charge is 0.412 e. The Balaban J connectivity index is 0. The van der Waals surface area contributed by atoms with E-state index in [2.05, 4.69) is 38.3 Å². The number of nitrogens with zero attached hydrogens (tertiary/aromatic N) is 8. The molecule has 73 heavy (non-hydrogen) atoms. The third kappa shape index (κ3) is 44.1. The van der Waals surface area contributed by atoms with Crippen LogP contribution in [-0.2, 0) is 59.2 Å². The second-order valence-electron chi connectivity index (χ2n) is 16.8. The molecule has 2 unspecified atom stereocenters. The van der Waals surface area contributed by atoms with Crippen LogP contribution in [0, 0.1) is 0 Å². The standard InChI is InChI=1S/C10H22N2O8S2.C9H20N2O4S.C8H18N2O6S2.C8H18N2O4S.2H2O/c13-9(7-21-20-19-15)5-11-1-3-12(4-2-11)6-10(14)8-22(16,17)18;12-8-7-11-5-3-10(4-6-11)2-1-9-16(13,14)15;11-15-16-17-7-5-9-1-3-10(4-2-9)6-8-18(12,13)14;11-7-5-9-1-3-10(4-2-9)6-8-15(12,13)14;;/h9-10,13-15H,1-8H2,(H,16,17,18);12H,1-9H2,(H,13,14,15);11H,1-8H2,(H,12,13,14);11H,1-8H2,(H,12,13,14);2*1H2. The molecule has 4 rings (SSSR count). The Morgan fingerprint density at radius 1 is 0.411 bits per heavy atom. The van der Waals surface area contributed by atoms with E-state index in [4.69, 9.17) is 38.9 Å². The smallest absolute Gasteiger partial charge is 0.267 e. The molecule has 4 aliphatic heterocycles. The molecule has 14 N–H and O–H groups in total. The van der Waals surface area contributed by atoms with Gasteiger partial charge in [0.2, 0.25) is 0 Å². The SMILES string of the molecule is O.O.O=S(=O)(O)CC(O)CN1CCN(CC(O)CSOOO)CC1.O=S(=O)(O)CCCN1CCN(CCO)CC1.O=S(=O)(O)CCN1CCN(CCO)CC1.O=S(=O)(O)CCN1CCN(CCSOOO)CC1. The number of aliphatic hydroxyl groups is 4. The molecule has 4 aliphatic rings. The summed E-state index contributed by atoms with van der Waals surface area (Å²) in [6, 6.07) is 0. The molecular weight excluding hydrogens is 1110 g/mol. The van der Waals surface area contributed by atoms with Gasteiger partial charge in [0.1, 0.15) is 5.75 Å². The Morgan fingerprint density at radius 2 is 0.726 bits per heavy atom. The fourth-order valence-electron chi connectivity index (χ4n) is 7.40. The van der Waals surface area contributed by atoms with Crippen molar-refractivity contribution in [2.75, 3.05) is 205 Å². The van der Waals surface area contributed by atoms with Crippen molar-refractivity contribution in [3.8, 4) is 0 Å². The third-order valence-electron chi connectivity index (χ3n) is 11.1. The molecular formula is C35H82N8O24S6. The van der Waals surface area contributed by atoms with E-state index in [1.54, 1.807) is 0 Å². The third-order valence-corrected chi connectivity index (χ3v) is 15.3. The van der Waals surface area contributed by atoms with Crippen molar-refractivity contribution in [2.45, 2.75) is 18.6 Å². The van der Waals surface area contributed by atoms with Crippen LogP contribution in [0.15, 0.2) is 0 Å². The topological polar surface area (TPSA) is 465 Å². The maximum Gasteiger partial charge on any atom is 0.267 e. The van der Waals surface area contributed by atoms with Crippen molar-refractivity contribution in [1.82, 2.24) is 39.2 Å². The molecule has 2 atom stereocenters. The van der Waals surface area contributed by atoms with Crippen molar-refractivity contribution in [3.05, 3.63) is 0 Å². The lowest BCUT2D eigenvalue weighted by molar-refractivity contribution is -0.432. The first-order chi connectivity index (χ1) is 33.3. The molecule has 0 amide bonds. The van der Waals surface area contributed by atoms with Crippen LogP contribution in [0.3, 0.4) is 0 Å². The van der Waals surface area contributed by atoms with Gasteiger partial charge in [-0.1, -0.05) is 10.1 Å². The number of piperazine rings is 4. The number of rotatable bonds is 29. The van der Waals surface area contributed by atoms with Crippen LogP contribution in [0.2, 0.25) is 0 Å². The quantitative estimate of drug-likeness (QED) is 0.0109. The maximum absolute atomic E-state index is 10.7. The van der Waals surface area contributed by atoms with Crippen LogP contribution < -0.4 is 0 Å². The van der Waals surface area contributed by atoms with Crippen molar-refractivity contribution in [3.63, 3.8) is 0 Å². The minimum absolute atomic E-state index is 0. The van der Waals surface area contributed by atoms with Crippen LogP contribution in [0.1, 0.15) is 6.42 Å². The lowest BCUT2D eigenvalue weighted by Crippen LogP contribution is -2.51.